The van der Waals surface area contributed by atoms with Crippen LogP contribution in [0.15, 0.2) is 46.9 Å². The number of halogens is 1. The Kier molecular flexibility index (Phi) is 2.02. The minimum Gasteiger partial charge on any atom is -0.483 e. The quantitative estimate of drug-likeness (QED) is 0.633. The lowest BCUT2D eigenvalue weighted by molar-refractivity contribution is 0.280. The lowest BCUT2D eigenvalue weighted by Crippen LogP contribution is -2.12. The Hall–Kier alpha value is -1.81. The predicted octanol–water partition coefficient (Wildman–Crippen LogP) is 3.68. The summed E-state index contributed by atoms with van der Waals surface area (Å²) in [7, 11) is 0. The molecular formula is C14H9BrN2O. The van der Waals surface area contributed by atoms with Crippen molar-refractivity contribution in [3.63, 3.8) is 0 Å². The van der Waals surface area contributed by atoms with E-state index >= 15 is 0 Å². The van der Waals surface area contributed by atoms with Crippen molar-refractivity contribution in [2.45, 2.75) is 6.61 Å². The molecule has 0 spiro atoms. The van der Waals surface area contributed by atoms with E-state index in [1.807, 2.05) is 30.3 Å². The molecule has 0 bridgehead atoms. The zero-order chi connectivity index (χ0) is 12.1. The molecule has 0 unspecified atom stereocenters. The van der Waals surface area contributed by atoms with Gasteiger partial charge in [-0.1, -0.05) is 28.1 Å². The summed E-state index contributed by atoms with van der Waals surface area (Å²) in [5, 5.41) is 0. The van der Waals surface area contributed by atoms with Gasteiger partial charge in [-0.25, -0.2) is 4.98 Å². The first-order chi connectivity index (χ1) is 8.83. The van der Waals surface area contributed by atoms with E-state index in [0.717, 1.165) is 32.8 Å². The highest BCUT2D eigenvalue weighted by Gasteiger charge is 2.20. The van der Waals surface area contributed by atoms with Gasteiger partial charge in [-0.05, 0) is 30.3 Å². The van der Waals surface area contributed by atoms with E-state index in [9.17, 15) is 0 Å². The molecule has 4 rings (SSSR count). The number of para-hydroxylation sites is 2. The summed E-state index contributed by atoms with van der Waals surface area (Å²) >= 11 is 3.51. The molecule has 4 heteroatoms. The Bertz CT molecular complexity index is 764. The average molecular weight is 301 g/mol. The van der Waals surface area contributed by atoms with Crippen LogP contribution in [0.1, 0.15) is 5.82 Å². The van der Waals surface area contributed by atoms with Crippen molar-refractivity contribution in [3.8, 4) is 11.4 Å². The topological polar surface area (TPSA) is 27.1 Å². The first-order valence-electron chi connectivity index (χ1n) is 5.72. The predicted molar refractivity (Wildman–Crippen MR) is 73.1 cm³/mol. The monoisotopic (exact) mass is 300 g/mol. The highest BCUT2D eigenvalue weighted by Crippen LogP contribution is 2.34. The Labute approximate surface area is 112 Å². The molecule has 0 amide bonds. The van der Waals surface area contributed by atoms with E-state index in [4.69, 9.17) is 4.74 Å². The standard InChI is InChI=1S/C14H9BrN2O/c15-9-5-6-13-12(7-9)17-11-4-2-1-3-10(11)16-14(17)8-18-13/h1-7H,8H2. The second-order valence-corrected chi connectivity index (χ2v) is 5.17. The molecule has 0 saturated heterocycles. The van der Waals surface area contributed by atoms with Crippen molar-refractivity contribution >= 4 is 27.0 Å². The number of aromatic nitrogens is 2. The van der Waals surface area contributed by atoms with E-state index in [-0.39, 0.29) is 0 Å². The SMILES string of the molecule is Brc1ccc2c(c1)-n1c(nc3ccccc31)CO2. The lowest BCUT2D eigenvalue weighted by atomic mass is 10.2. The van der Waals surface area contributed by atoms with Gasteiger partial charge in [0.2, 0.25) is 0 Å². The van der Waals surface area contributed by atoms with Crippen LogP contribution in [0.25, 0.3) is 16.7 Å². The Morgan fingerprint density at radius 3 is 3.00 bits per heavy atom. The molecule has 3 nitrogen and oxygen atoms in total. The molecule has 0 atom stereocenters. The first-order valence-corrected chi connectivity index (χ1v) is 6.51. The summed E-state index contributed by atoms with van der Waals surface area (Å²) in [5.74, 6) is 1.84. The van der Waals surface area contributed by atoms with Gasteiger partial charge in [0.25, 0.3) is 0 Å². The van der Waals surface area contributed by atoms with Crippen LogP contribution < -0.4 is 4.74 Å². The van der Waals surface area contributed by atoms with E-state index in [1.54, 1.807) is 0 Å². The van der Waals surface area contributed by atoms with Crippen molar-refractivity contribution in [3.05, 3.63) is 52.8 Å². The first kappa shape index (κ1) is 10.1. The van der Waals surface area contributed by atoms with Crippen molar-refractivity contribution in [2.24, 2.45) is 0 Å². The van der Waals surface area contributed by atoms with E-state index in [2.05, 4.69) is 37.6 Å². The molecule has 2 aromatic carbocycles. The smallest absolute Gasteiger partial charge is 0.152 e. The number of hydrogen-bond acceptors (Lipinski definition) is 2. The zero-order valence-corrected chi connectivity index (χ0v) is 11.0. The molecular weight excluding hydrogens is 292 g/mol. The van der Waals surface area contributed by atoms with Crippen molar-refractivity contribution in [1.29, 1.82) is 0 Å². The summed E-state index contributed by atoms with van der Waals surface area (Å²) < 4.78 is 8.93. The molecule has 0 aliphatic carbocycles. The molecule has 0 saturated carbocycles. The van der Waals surface area contributed by atoms with Crippen LogP contribution in [0.5, 0.6) is 5.75 Å². The van der Waals surface area contributed by atoms with Gasteiger partial charge in [0, 0.05) is 4.47 Å². The molecule has 0 fully saturated rings. The number of ether oxygens (including phenoxy) is 1. The largest absolute Gasteiger partial charge is 0.483 e. The van der Waals surface area contributed by atoms with Gasteiger partial charge in [0.1, 0.15) is 12.4 Å². The molecule has 1 aliphatic rings. The fraction of sp³-hybridized carbons (Fsp3) is 0.0714. The molecule has 3 aromatic rings. The highest BCUT2D eigenvalue weighted by molar-refractivity contribution is 9.10. The minimum atomic E-state index is 0.517. The second-order valence-electron chi connectivity index (χ2n) is 4.25. The maximum atomic E-state index is 5.73. The summed E-state index contributed by atoms with van der Waals surface area (Å²) in [6, 6.07) is 14.2. The zero-order valence-electron chi connectivity index (χ0n) is 9.43. The average Bonchev–Trinajstić information content (AvgIpc) is 2.77. The summed E-state index contributed by atoms with van der Waals surface area (Å²) in [4.78, 5) is 4.60. The number of nitrogens with zero attached hydrogens (tertiary/aromatic N) is 2. The molecule has 1 aliphatic heterocycles. The fourth-order valence-electron chi connectivity index (χ4n) is 2.37. The molecule has 2 heterocycles. The third kappa shape index (κ3) is 1.32. The Morgan fingerprint density at radius 1 is 1.17 bits per heavy atom. The van der Waals surface area contributed by atoms with Crippen molar-refractivity contribution in [2.75, 3.05) is 0 Å². The van der Waals surface area contributed by atoms with Crippen LogP contribution in [-0.2, 0) is 6.61 Å². The molecule has 0 radical (unpaired) electrons. The molecule has 0 N–H and O–H groups in total. The van der Waals surface area contributed by atoms with Gasteiger partial charge in [-0.15, -0.1) is 0 Å². The summed E-state index contributed by atoms with van der Waals surface area (Å²) in [5.41, 5.74) is 3.17. The van der Waals surface area contributed by atoms with Gasteiger partial charge < -0.3 is 4.74 Å². The maximum absolute atomic E-state index is 5.73. The third-order valence-electron chi connectivity index (χ3n) is 3.15. The number of benzene rings is 2. The second kappa shape index (κ2) is 3.59. The Balaban J connectivity index is 2.12. The van der Waals surface area contributed by atoms with Crippen LogP contribution >= 0.6 is 15.9 Å². The third-order valence-corrected chi connectivity index (χ3v) is 3.64. The molecule has 18 heavy (non-hydrogen) atoms. The van der Waals surface area contributed by atoms with Gasteiger partial charge in [0.05, 0.1) is 16.7 Å². The van der Waals surface area contributed by atoms with Crippen LogP contribution in [0.3, 0.4) is 0 Å². The van der Waals surface area contributed by atoms with Gasteiger partial charge in [0.15, 0.2) is 5.82 Å². The number of hydrogen-bond donors (Lipinski definition) is 0. The number of imidazole rings is 1. The van der Waals surface area contributed by atoms with Crippen LogP contribution in [0.4, 0.5) is 0 Å². The van der Waals surface area contributed by atoms with E-state index < -0.39 is 0 Å². The van der Waals surface area contributed by atoms with Crippen molar-refractivity contribution < 1.29 is 4.74 Å². The summed E-state index contributed by atoms with van der Waals surface area (Å²) in [6.45, 7) is 0.517. The minimum absolute atomic E-state index is 0.517. The summed E-state index contributed by atoms with van der Waals surface area (Å²) in [6.07, 6.45) is 0. The number of rotatable bonds is 0. The van der Waals surface area contributed by atoms with E-state index in [1.165, 1.54) is 0 Å². The molecule has 88 valence electrons. The van der Waals surface area contributed by atoms with Gasteiger partial charge in [-0.3, -0.25) is 4.57 Å². The van der Waals surface area contributed by atoms with Crippen LogP contribution in [0, 0.1) is 0 Å². The van der Waals surface area contributed by atoms with Crippen LogP contribution in [0.2, 0.25) is 0 Å². The van der Waals surface area contributed by atoms with Gasteiger partial charge in [-0.2, -0.15) is 0 Å². The van der Waals surface area contributed by atoms with Crippen LogP contribution in [-0.4, -0.2) is 9.55 Å². The number of fused-ring (bicyclic) bond motifs is 5. The van der Waals surface area contributed by atoms with Crippen molar-refractivity contribution in [1.82, 2.24) is 9.55 Å². The normalized spacial score (nSPS) is 12.9. The van der Waals surface area contributed by atoms with Gasteiger partial charge >= 0.3 is 0 Å². The fourth-order valence-corrected chi connectivity index (χ4v) is 2.72. The highest BCUT2D eigenvalue weighted by atomic mass is 79.9. The van der Waals surface area contributed by atoms with E-state index in [0.29, 0.717) is 6.61 Å². The molecule has 1 aromatic heterocycles. The Morgan fingerprint density at radius 2 is 2.06 bits per heavy atom. The maximum Gasteiger partial charge on any atom is 0.152 e. The lowest BCUT2D eigenvalue weighted by Gasteiger charge is -2.20.